The molecule has 1 aromatic carbocycles. The maximum absolute atomic E-state index is 11.9. The molecule has 0 amide bonds. The van der Waals surface area contributed by atoms with Gasteiger partial charge in [-0.3, -0.25) is 4.90 Å². The van der Waals surface area contributed by atoms with Crippen LogP contribution in [-0.2, 0) is 11.8 Å². The van der Waals surface area contributed by atoms with Crippen LogP contribution in [0.15, 0.2) is 24.3 Å². The summed E-state index contributed by atoms with van der Waals surface area (Å²) >= 11 is 0. The number of phenolic OH excluding ortho intramolecular Hbond substituents is 1. The quantitative estimate of drug-likeness (QED) is 0.703. The van der Waals surface area contributed by atoms with E-state index in [1.807, 2.05) is 12.1 Å². The smallest absolute Gasteiger partial charge is 0.165 e. The van der Waals surface area contributed by atoms with Crippen molar-refractivity contribution >= 4 is 0 Å². The number of likely N-dealkylation sites (tertiary alicyclic amines) is 1. The van der Waals surface area contributed by atoms with Crippen molar-refractivity contribution in [2.75, 3.05) is 13.1 Å². The fourth-order valence-corrected chi connectivity index (χ4v) is 6.02. The van der Waals surface area contributed by atoms with E-state index in [0.717, 1.165) is 43.0 Å². The van der Waals surface area contributed by atoms with Gasteiger partial charge < -0.3 is 20.1 Å². The molecule has 1 saturated heterocycles. The van der Waals surface area contributed by atoms with Gasteiger partial charge in [0.15, 0.2) is 11.5 Å². The Labute approximate surface area is 146 Å². The molecule has 2 bridgehead atoms. The molecule has 5 atom stereocenters. The second-order valence-corrected chi connectivity index (χ2v) is 8.54. The van der Waals surface area contributed by atoms with Crippen molar-refractivity contribution in [1.82, 2.24) is 4.90 Å². The molecule has 2 aliphatic heterocycles. The first kappa shape index (κ1) is 14.6. The van der Waals surface area contributed by atoms with Crippen LogP contribution < -0.4 is 4.74 Å². The summed E-state index contributed by atoms with van der Waals surface area (Å²) in [6.45, 7) is 1.95. The summed E-state index contributed by atoms with van der Waals surface area (Å²) in [6.07, 6.45) is 6.29. The zero-order valence-corrected chi connectivity index (χ0v) is 14.1. The van der Waals surface area contributed by atoms with E-state index in [1.165, 1.54) is 12.8 Å². The van der Waals surface area contributed by atoms with E-state index in [9.17, 15) is 15.3 Å². The van der Waals surface area contributed by atoms with E-state index in [0.29, 0.717) is 5.75 Å². The first-order chi connectivity index (χ1) is 12.0. The number of aliphatic hydroxyl groups is 2. The second-order valence-electron chi connectivity index (χ2n) is 8.54. The van der Waals surface area contributed by atoms with E-state index in [-0.39, 0.29) is 11.8 Å². The van der Waals surface area contributed by atoms with Gasteiger partial charge in [0.25, 0.3) is 0 Å². The van der Waals surface area contributed by atoms with Gasteiger partial charge in [-0.15, -0.1) is 0 Å². The van der Waals surface area contributed by atoms with Crippen molar-refractivity contribution in [1.29, 1.82) is 0 Å². The Hall–Kier alpha value is -1.56. The number of phenols is 1. The molecule has 3 N–H and O–H groups in total. The van der Waals surface area contributed by atoms with E-state index in [2.05, 4.69) is 4.90 Å². The Balaban J connectivity index is 1.59. The third kappa shape index (κ3) is 1.56. The van der Waals surface area contributed by atoms with Gasteiger partial charge in [0.2, 0.25) is 0 Å². The molecule has 0 radical (unpaired) electrons. The minimum Gasteiger partial charge on any atom is -0.504 e. The molecule has 1 spiro atoms. The molecular formula is C20H23NO4. The Morgan fingerprint density at radius 1 is 1.28 bits per heavy atom. The number of nitrogens with zero attached hydrogens (tertiary/aromatic N) is 1. The minimum atomic E-state index is -1.06. The Morgan fingerprint density at radius 2 is 2.12 bits per heavy atom. The molecule has 1 unspecified atom stereocenters. The van der Waals surface area contributed by atoms with Gasteiger partial charge in [0.05, 0.1) is 5.41 Å². The summed E-state index contributed by atoms with van der Waals surface area (Å²) in [5.41, 5.74) is 0.363. The van der Waals surface area contributed by atoms with E-state index in [1.54, 1.807) is 12.1 Å². The molecule has 3 aliphatic carbocycles. The van der Waals surface area contributed by atoms with Crippen LogP contribution in [0.2, 0.25) is 0 Å². The largest absolute Gasteiger partial charge is 0.504 e. The molecule has 6 rings (SSSR count). The van der Waals surface area contributed by atoms with Gasteiger partial charge in [-0.05, 0) is 49.8 Å². The monoisotopic (exact) mass is 341 g/mol. The molecule has 25 heavy (non-hydrogen) atoms. The topological polar surface area (TPSA) is 73.2 Å². The Bertz CT molecular complexity index is 803. The van der Waals surface area contributed by atoms with Crippen LogP contribution in [0.1, 0.15) is 30.4 Å². The number of hydrogen-bond acceptors (Lipinski definition) is 5. The SMILES string of the molecule is Oc1ccc2c3c1O[C@H]1C(O)C=C[C@@]4(O)[C@@H](C2)N(CC2CC2)CC[C@]314. The molecule has 2 fully saturated rings. The molecular weight excluding hydrogens is 318 g/mol. The number of aromatic hydroxyl groups is 1. The number of piperidine rings is 1. The van der Waals surface area contributed by atoms with Crippen LogP contribution in [0.4, 0.5) is 0 Å². The van der Waals surface area contributed by atoms with E-state index in [4.69, 9.17) is 4.74 Å². The molecule has 5 heteroatoms. The van der Waals surface area contributed by atoms with Crippen molar-refractivity contribution in [3.63, 3.8) is 0 Å². The molecule has 132 valence electrons. The van der Waals surface area contributed by atoms with Crippen LogP contribution in [0.5, 0.6) is 11.5 Å². The summed E-state index contributed by atoms with van der Waals surface area (Å²) in [5.74, 6) is 1.34. The lowest BCUT2D eigenvalue weighted by Crippen LogP contribution is -2.75. The summed E-state index contributed by atoms with van der Waals surface area (Å²) in [4.78, 5) is 2.45. The summed E-state index contributed by atoms with van der Waals surface area (Å²) in [7, 11) is 0. The van der Waals surface area contributed by atoms with E-state index >= 15 is 0 Å². The molecule has 5 nitrogen and oxygen atoms in total. The number of ether oxygens (including phenoxy) is 1. The number of aliphatic hydroxyl groups excluding tert-OH is 1. The maximum atomic E-state index is 11.9. The van der Waals surface area contributed by atoms with Crippen molar-refractivity contribution in [2.45, 2.75) is 54.9 Å². The van der Waals surface area contributed by atoms with Gasteiger partial charge in [0, 0.05) is 18.2 Å². The first-order valence-electron chi connectivity index (χ1n) is 9.40. The normalized spacial score (nSPS) is 43.7. The lowest BCUT2D eigenvalue weighted by Gasteiger charge is -2.61. The zero-order chi connectivity index (χ0) is 17.0. The fraction of sp³-hybridized carbons (Fsp3) is 0.600. The van der Waals surface area contributed by atoms with Crippen LogP contribution >= 0.6 is 0 Å². The third-order valence-corrected chi connectivity index (χ3v) is 7.32. The first-order valence-corrected chi connectivity index (χ1v) is 9.40. The molecule has 2 heterocycles. The molecule has 5 aliphatic rings. The maximum Gasteiger partial charge on any atom is 0.165 e. The second kappa shape index (κ2) is 4.40. The fourth-order valence-electron chi connectivity index (χ4n) is 6.02. The summed E-state index contributed by atoms with van der Waals surface area (Å²) in [5, 5.41) is 32.9. The van der Waals surface area contributed by atoms with Crippen LogP contribution in [0.3, 0.4) is 0 Å². The van der Waals surface area contributed by atoms with Gasteiger partial charge in [-0.1, -0.05) is 18.2 Å². The predicted molar refractivity (Wildman–Crippen MR) is 90.7 cm³/mol. The highest BCUT2D eigenvalue weighted by molar-refractivity contribution is 5.63. The number of rotatable bonds is 2. The summed E-state index contributed by atoms with van der Waals surface area (Å²) in [6, 6.07) is 3.66. The highest BCUT2D eigenvalue weighted by atomic mass is 16.5. The van der Waals surface area contributed by atoms with Gasteiger partial charge in [-0.2, -0.15) is 0 Å². The molecule has 1 saturated carbocycles. The van der Waals surface area contributed by atoms with Crippen molar-refractivity contribution in [3.05, 3.63) is 35.4 Å². The van der Waals surface area contributed by atoms with Crippen LogP contribution in [-0.4, -0.2) is 57.2 Å². The average Bonchev–Trinajstić information content (AvgIpc) is 3.32. The number of benzene rings is 1. The van der Waals surface area contributed by atoms with Crippen molar-refractivity contribution in [3.8, 4) is 11.5 Å². The van der Waals surface area contributed by atoms with Crippen LogP contribution in [0.25, 0.3) is 0 Å². The summed E-state index contributed by atoms with van der Waals surface area (Å²) < 4.78 is 6.09. The highest BCUT2D eigenvalue weighted by Gasteiger charge is 2.71. The average molecular weight is 341 g/mol. The Morgan fingerprint density at radius 3 is 2.92 bits per heavy atom. The Kier molecular flexibility index (Phi) is 2.57. The molecule has 1 aromatic rings. The predicted octanol–water partition coefficient (Wildman–Crippen LogP) is 1.09. The third-order valence-electron chi connectivity index (χ3n) is 7.32. The lowest BCUT2D eigenvalue weighted by atomic mass is 9.50. The van der Waals surface area contributed by atoms with Crippen LogP contribution in [0, 0.1) is 5.92 Å². The number of hydrogen-bond donors (Lipinski definition) is 3. The minimum absolute atomic E-state index is 0.000284. The van der Waals surface area contributed by atoms with Gasteiger partial charge >= 0.3 is 0 Å². The van der Waals surface area contributed by atoms with E-state index < -0.39 is 23.2 Å². The van der Waals surface area contributed by atoms with Gasteiger partial charge in [0.1, 0.15) is 17.8 Å². The molecule has 0 aromatic heterocycles. The van der Waals surface area contributed by atoms with Crippen molar-refractivity contribution < 1.29 is 20.1 Å². The van der Waals surface area contributed by atoms with Gasteiger partial charge in [-0.25, -0.2) is 0 Å². The lowest BCUT2D eigenvalue weighted by molar-refractivity contribution is -0.156. The highest BCUT2D eigenvalue weighted by Crippen LogP contribution is 2.64. The standard InChI is InChI=1S/C20H23NO4/c22-13-4-3-12-9-15-20(24)6-5-14(23)18-19(20,16(12)17(13)25-18)7-8-21(15)10-11-1-2-11/h3-6,11,14-15,18,22-24H,1-2,7-10H2/t14?,15-,18+,19+,20-/m1/s1. The van der Waals surface area contributed by atoms with Crippen molar-refractivity contribution in [2.24, 2.45) is 5.92 Å². The zero-order valence-electron chi connectivity index (χ0n) is 14.1.